The van der Waals surface area contributed by atoms with E-state index < -0.39 is 0 Å². The van der Waals surface area contributed by atoms with E-state index in [9.17, 15) is 9.59 Å². The first-order valence-corrected chi connectivity index (χ1v) is 11.8. The van der Waals surface area contributed by atoms with Gasteiger partial charge in [-0.05, 0) is 83.9 Å². The number of nitrogens with zero attached hydrogens (tertiary/aromatic N) is 2. The zero-order valence-corrected chi connectivity index (χ0v) is 20.8. The van der Waals surface area contributed by atoms with E-state index in [1.54, 1.807) is 84.9 Å². The Morgan fingerprint density at radius 2 is 1.03 bits per heavy atom. The number of carbonyl (C=O) groups excluding carboxylic acids is 2. The van der Waals surface area contributed by atoms with Gasteiger partial charge in [0.1, 0.15) is 11.5 Å². The van der Waals surface area contributed by atoms with Gasteiger partial charge in [-0.3, -0.25) is 9.59 Å². The first kappa shape index (κ1) is 25.6. The van der Waals surface area contributed by atoms with Gasteiger partial charge in [-0.1, -0.05) is 47.5 Å². The van der Waals surface area contributed by atoms with E-state index in [2.05, 4.69) is 21.1 Å². The van der Waals surface area contributed by atoms with Crippen LogP contribution in [-0.4, -0.2) is 24.2 Å². The molecule has 0 radical (unpaired) electrons. The molecule has 4 aromatic carbocycles. The summed E-state index contributed by atoms with van der Waals surface area (Å²) in [4.78, 5) is 24.6. The van der Waals surface area contributed by atoms with Crippen molar-refractivity contribution in [2.75, 3.05) is 0 Å². The number of halogens is 2. The number of amides is 2. The van der Waals surface area contributed by atoms with E-state index in [0.29, 0.717) is 32.7 Å². The Hall–Kier alpha value is -4.46. The second-order valence-electron chi connectivity index (χ2n) is 7.66. The van der Waals surface area contributed by atoms with Gasteiger partial charge in [0.25, 0.3) is 11.8 Å². The number of benzene rings is 4. The molecule has 4 rings (SSSR count). The van der Waals surface area contributed by atoms with Crippen molar-refractivity contribution in [3.05, 3.63) is 129 Å². The van der Waals surface area contributed by atoms with Crippen molar-refractivity contribution in [2.45, 2.75) is 0 Å². The highest BCUT2D eigenvalue weighted by molar-refractivity contribution is 6.31. The summed E-state index contributed by atoms with van der Waals surface area (Å²) in [6.45, 7) is 0. The van der Waals surface area contributed by atoms with Gasteiger partial charge in [-0.2, -0.15) is 10.2 Å². The molecule has 37 heavy (non-hydrogen) atoms. The molecule has 0 saturated heterocycles. The number of rotatable bonds is 8. The summed E-state index contributed by atoms with van der Waals surface area (Å²) in [6.07, 6.45) is 3.02. The van der Waals surface area contributed by atoms with E-state index in [0.717, 1.165) is 11.1 Å². The summed E-state index contributed by atoms with van der Waals surface area (Å²) in [6, 6.07) is 27.4. The van der Waals surface area contributed by atoms with Crippen molar-refractivity contribution < 1.29 is 14.3 Å². The zero-order chi connectivity index (χ0) is 26.0. The third-order valence-corrected chi connectivity index (χ3v) is 5.40. The summed E-state index contributed by atoms with van der Waals surface area (Å²) in [5.74, 6) is 0.334. The van der Waals surface area contributed by atoms with Crippen LogP contribution in [0.3, 0.4) is 0 Å². The summed E-state index contributed by atoms with van der Waals surface area (Å²) >= 11 is 11.9. The van der Waals surface area contributed by atoms with Crippen LogP contribution in [0.25, 0.3) is 0 Å². The number of hydrogen-bond donors (Lipinski definition) is 2. The van der Waals surface area contributed by atoms with Crippen molar-refractivity contribution in [3.63, 3.8) is 0 Å². The van der Waals surface area contributed by atoms with Crippen LogP contribution in [0.15, 0.2) is 107 Å². The first-order chi connectivity index (χ1) is 18.0. The number of hydrogen-bond acceptors (Lipinski definition) is 5. The maximum atomic E-state index is 12.3. The molecule has 0 aromatic heterocycles. The maximum Gasteiger partial charge on any atom is 0.271 e. The zero-order valence-electron chi connectivity index (χ0n) is 19.3. The second-order valence-corrected chi connectivity index (χ2v) is 8.53. The van der Waals surface area contributed by atoms with Crippen molar-refractivity contribution in [2.24, 2.45) is 10.2 Å². The van der Waals surface area contributed by atoms with Crippen molar-refractivity contribution >= 4 is 47.4 Å². The van der Waals surface area contributed by atoms with Crippen molar-refractivity contribution in [1.29, 1.82) is 0 Å². The van der Waals surface area contributed by atoms with Gasteiger partial charge in [0.15, 0.2) is 0 Å². The standard InChI is InChI=1S/C28H20Cl2N4O3/c29-23-5-1-3-19(15-23)17-31-33-27(35)21-7-11-25(12-8-21)37-26-13-9-22(10-14-26)28(36)34-32-18-20-4-2-6-24(30)16-20/h1-18H,(H,33,35)(H,34,36)/b31-17+,32-18+. The van der Waals surface area contributed by atoms with Crippen LogP contribution < -0.4 is 15.6 Å². The highest BCUT2D eigenvalue weighted by atomic mass is 35.5. The lowest BCUT2D eigenvalue weighted by atomic mass is 10.2. The van der Waals surface area contributed by atoms with Crippen molar-refractivity contribution in [3.8, 4) is 11.5 Å². The molecule has 0 atom stereocenters. The molecular formula is C28H20Cl2N4O3. The smallest absolute Gasteiger partial charge is 0.271 e. The molecule has 9 heteroatoms. The normalized spacial score (nSPS) is 11.0. The molecule has 0 saturated carbocycles. The van der Waals surface area contributed by atoms with Gasteiger partial charge in [-0.15, -0.1) is 0 Å². The van der Waals surface area contributed by atoms with E-state index in [-0.39, 0.29) is 11.8 Å². The molecule has 2 N–H and O–H groups in total. The molecule has 2 amide bonds. The minimum absolute atomic E-state index is 0.363. The van der Waals surface area contributed by atoms with Crippen LogP contribution in [-0.2, 0) is 0 Å². The quantitative estimate of drug-likeness (QED) is 0.206. The van der Waals surface area contributed by atoms with Crippen LogP contribution in [0.5, 0.6) is 11.5 Å². The number of nitrogens with one attached hydrogen (secondary N) is 2. The Morgan fingerprint density at radius 1 is 0.622 bits per heavy atom. The SMILES string of the molecule is O=C(N/N=C/c1cccc(Cl)c1)c1ccc(Oc2ccc(C(=O)N/N=C/c3cccc(Cl)c3)cc2)cc1. The van der Waals surface area contributed by atoms with E-state index in [1.807, 2.05) is 12.1 Å². The lowest BCUT2D eigenvalue weighted by molar-refractivity contribution is 0.0947. The summed E-state index contributed by atoms with van der Waals surface area (Å²) < 4.78 is 5.80. The van der Waals surface area contributed by atoms with E-state index in [4.69, 9.17) is 27.9 Å². The highest BCUT2D eigenvalue weighted by Crippen LogP contribution is 2.22. The fourth-order valence-electron chi connectivity index (χ4n) is 3.12. The number of hydrazone groups is 2. The van der Waals surface area contributed by atoms with Gasteiger partial charge >= 0.3 is 0 Å². The minimum Gasteiger partial charge on any atom is -0.457 e. The lowest BCUT2D eigenvalue weighted by Gasteiger charge is -2.07. The molecule has 0 heterocycles. The van der Waals surface area contributed by atoms with Gasteiger partial charge in [-0.25, -0.2) is 10.9 Å². The van der Waals surface area contributed by atoms with E-state index in [1.165, 1.54) is 12.4 Å². The minimum atomic E-state index is -0.363. The summed E-state index contributed by atoms with van der Waals surface area (Å²) in [5.41, 5.74) is 7.32. The lowest BCUT2D eigenvalue weighted by Crippen LogP contribution is -2.17. The monoisotopic (exact) mass is 530 g/mol. The Morgan fingerprint density at radius 3 is 1.41 bits per heavy atom. The van der Waals surface area contributed by atoms with Gasteiger partial charge in [0, 0.05) is 21.2 Å². The molecule has 0 fully saturated rings. The van der Waals surface area contributed by atoms with Crippen molar-refractivity contribution in [1.82, 2.24) is 10.9 Å². The topological polar surface area (TPSA) is 92.1 Å². The fourth-order valence-corrected chi connectivity index (χ4v) is 3.52. The molecule has 0 unspecified atom stereocenters. The number of carbonyl (C=O) groups is 2. The molecule has 4 aromatic rings. The molecular weight excluding hydrogens is 511 g/mol. The molecule has 0 aliphatic carbocycles. The molecule has 0 spiro atoms. The van der Waals surface area contributed by atoms with Gasteiger partial charge in [0.05, 0.1) is 12.4 Å². The molecule has 184 valence electrons. The average molecular weight is 531 g/mol. The Labute approximate surface area is 223 Å². The fraction of sp³-hybridized carbons (Fsp3) is 0. The van der Waals surface area contributed by atoms with Crippen LogP contribution in [0.2, 0.25) is 10.0 Å². The van der Waals surface area contributed by atoms with Gasteiger partial charge < -0.3 is 4.74 Å². The van der Waals surface area contributed by atoms with Crippen LogP contribution >= 0.6 is 23.2 Å². The van der Waals surface area contributed by atoms with Crippen LogP contribution in [0.4, 0.5) is 0 Å². The average Bonchev–Trinajstić information content (AvgIpc) is 2.89. The predicted octanol–water partition coefficient (Wildman–Crippen LogP) is 6.31. The highest BCUT2D eigenvalue weighted by Gasteiger charge is 2.07. The van der Waals surface area contributed by atoms with E-state index >= 15 is 0 Å². The van der Waals surface area contributed by atoms with Crippen LogP contribution in [0, 0.1) is 0 Å². The second kappa shape index (κ2) is 12.5. The predicted molar refractivity (Wildman–Crippen MR) is 146 cm³/mol. The largest absolute Gasteiger partial charge is 0.457 e. The Balaban J connectivity index is 1.28. The summed E-state index contributed by atoms with van der Waals surface area (Å²) in [7, 11) is 0. The van der Waals surface area contributed by atoms with Crippen LogP contribution in [0.1, 0.15) is 31.8 Å². The number of ether oxygens (including phenoxy) is 1. The maximum absolute atomic E-state index is 12.3. The Bertz CT molecular complexity index is 1340. The third-order valence-electron chi connectivity index (χ3n) is 4.93. The molecule has 0 aliphatic rings. The third kappa shape index (κ3) is 7.76. The first-order valence-electron chi connectivity index (χ1n) is 11.0. The molecule has 0 aliphatic heterocycles. The van der Waals surface area contributed by atoms with Gasteiger partial charge in [0.2, 0.25) is 0 Å². The Kier molecular flexibility index (Phi) is 8.65. The summed E-state index contributed by atoms with van der Waals surface area (Å²) in [5, 5.41) is 9.07. The molecule has 7 nitrogen and oxygen atoms in total. The molecule has 0 bridgehead atoms.